The third-order valence-corrected chi connectivity index (χ3v) is 4.80. The SMILES string of the molecule is CC(=O)c1ccc(NC(=O)[C@@H](C)Nc2ccc(CN3CCOCC3)cc2)cc1. The molecule has 1 aliphatic heterocycles. The zero-order valence-electron chi connectivity index (χ0n) is 16.4. The first-order valence-corrected chi connectivity index (χ1v) is 9.59. The van der Waals surface area contributed by atoms with Crippen LogP contribution in [-0.2, 0) is 16.1 Å². The van der Waals surface area contributed by atoms with Crippen molar-refractivity contribution in [3.8, 4) is 0 Å². The van der Waals surface area contributed by atoms with E-state index >= 15 is 0 Å². The summed E-state index contributed by atoms with van der Waals surface area (Å²) in [6.07, 6.45) is 0. The maximum absolute atomic E-state index is 12.4. The number of ketones is 1. The number of anilines is 2. The fourth-order valence-corrected chi connectivity index (χ4v) is 3.08. The second-order valence-electron chi connectivity index (χ2n) is 7.07. The van der Waals surface area contributed by atoms with Crippen LogP contribution in [0.15, 0.2) is 48.5 Å². The molecule has 1 heterocycles. The predicted molar refractivity (Wildman–Crippen MR) is 111 cm³/mol. The van der Waals surface area contributed by atoms with Crippen LogP contribution in [0.4, 0.5) is 11.4 Å². The average molecular weight is 381 g/mol. The number of nitrogens with one attached hydrogen (secondary N) is 2. The van der Waals surface area contributed by atoms with E-state index in [0.717, 1.165) is 38.5 Å². The number of carbonyl (C=O) groups excluding carboxylic acids is 2. The van der Waals surface area contributed by atoms with E-state index in [2.05, 4.69) is 27.7 Å². The van der Waals surface area contributed by atoms with Crippen molar-refractivity contribution >= 4 is 23.1 Å². The van der Waals surface area contributed by atoms with Crippen LogP contribution in [0.1, 0.15) is 29.8 Å². The molecule has 148 valence electrons. The molecular weight excluding hydrogens is 354 g/mol. The number of Topliss-reactive ketones (excluding diaryl/α,β-unsaturated/α-hetero) is 1. The Morgan fingerprint density at radius 3 is 2.21 bits per heavy atom. The molecule has 1 amide bonds. The zero-order chi connectivity index (χ0) is 19.9. The standard InChI is InChI=1S/C22H27N3O3/c1-16(22(27)24-21-9-5-19(6-10-21)17(2)26)23-20-7-3-18(4-8-20)15-25-11-13-28-14-12-25/h3-10,16,23H,11-15H2,1-2H3,(H,24,27)/t16-/m1/s1. The molecule has 1 atom stereocenters. The molecule has 6 nitrogen and oxygen atoms in total. The highest BCUT2D eigenvalue weighted by Crippen LogP contribution is 2.15. The van der Waals surface area contributed by atoms with Gasteiger partial charge in [-0.2, -0.15) is 0 Å². The van der Waals surface area contributed by atoms with Gasteiger partial charge in [0, 0.05) is 36.6 Å². The molecular formula is C22H27N3O3. The van der Waals surface area contributed by atoms with Gasteiger partial charge in [0.05, 0.1) is 13.2 Å². The van der Waals surface area contributed by atoms with Crippen molar-refractivity contribution in [1.82, 2.24) is 4.90 Å². The highest BCUT2D eigenvalue weighted by atomic mass is 16.5. The summed E-state index contributed by atoms with van der Waals surface area (Å²) in [6, 6.07) is 14.7. The Kier molecular flexibility index (Phi) is 6.79. The molecule has 0 aliphatic carbocycles. The smallest absolute Gasteiger partial charge is 0.246 e. The molecule has 2 N–H and O–H groups in total. The number of nitrogens with zero attached hydrogens (tertiary/aromatic N) is 1. The highest BCUT2D eigenvalue weighted by molar-refractivity contribution is 5.97. The van der Waals surface area contributed by atoms with Gasteiger partial charge >= 0.3 is 0 Å². The number of ether oxygens (including phenoxy) is 1. The largest absolute Gasteiger partial charge is 0.379 e. The van der Waals surface area contributed by atoms with Crippen molar-refractivity contribution in [3.05, 3.63) is 59.7 Å². The molecule has 1 aliphatic rings. The predicted octanol–water partition coefficient (Wildman–Crippen LogP) is 3.16. The van der Waals surface area contributed by atoms with Crippen molar-refractivity contribution in [1.29, 1.82) is 0 Å². The number of morpholine rings is 1. The van der Waals surface area contributed by atoms with Crippen LogP contribution in [0, 0.1) is 0 Å². The van der Waals surface area contributed by atoms with Crippen LogP contribution in [0.2, 0.25) is 0 Å². The Hall–Kier alpha value is -2.70. The lowest BCUT2D eigenvalue weighted by Crippen LogP contribution is -2.35. The van der Waals surface area contributed by atoms with Gasteiger partial charge in [-0.05, 0) is 55.8 Å². The molecule has 0 bridgehead atoms. The Bertz CT molecular complexity index is 797. The van der Waals surface area contributed by atoms with E-state index in [1.165, 1.54) is 12.5 Å². The second-order valence-corrected chi connectivity index (χ2v) is 7.07. The van der Waals surface area contributed by atoms with Crippen LogP contribution < -0.4 is 10.6 Å². The number of carbonyl (C=O) groups is 2. The summed E-state index contributed by atoms with van der Waals surface area (Å²) in [5.74, 6) is -0.127. The summed E-state index contributed by atoms with van der Waals surface area (Å²) < 4.78 is 5.38. The lowest BCUT2D eigenvalue weighted by Gasteiger charge is -2.26. The Labute approximate surface area is 165 Å². The minimum absolute atomic E-state index is 0.00461. The maximum Gasteiger partial charge on any atom is 0.246 e. The fraction of sp³-hybridized carbons (Fsp3) is 0.364. The lowest BCUT2D eigenvalue weighted by atomic mass is 10.1. The number of hydrogen-bond acceptors (Lipinski definition) is 5. The molecule has 1 fully saturated rings. The van der Waals surface area contributed by atoms with Gasteiger partial charge in [0.15, 0.2) is 5.78 Å². The van der Waals surface area contributed by atoms with E-state index in [9.17, 15) is 9.59 Å². The summed E-state index contributed by atoms with van der Waals surface area (Å²) >= 11 is 0. The lowest BCUT2D eigenvalue weighted by molar-refractivity contribution is -0.116. The van der Waals surface area contributed by atoms with Crippen LogP contribution in [0.25, 0.3) is 0 Å². The van der Waals surface area contributed by atoms with E-state index in [0.29, 0.717) is 11.3 Å². The third-order valence-electron chi connectivity index (χ3n) is 4.80. The molecule has 0 aromatic heterocycles. The van der Waals surface area contributed by atoms with Crippen LogP contribution in [0.5, 0.6) is 0 Å². The first-order valence-electron chi connectivity index (χ1n) is 9.59. The fourth-order valence-electron chi connectivity index (χ4n) is 3.08. The van der Waals surface area contributed by atoms with Gasteiger partial charge in [-0.15, -0.1) is 0 Å². The van der Waals surface area contributed by atoms with E-state index in [1.54, 1.807) is 24.3 Å². The van der Waals surface area contributed by atoms with Crippen LogP contribution in [0.3, 0.4) is 0 Å². The normalized spacial score (nSPS) is 15.6. The summed E-state index contributed by atoms with van der Waals surface area (Å²) in [5.41, 5.74) is 3.45. The second kappa shape index (κ2) is 9.48. The molecule has 0 spiro atoms. The van der Waals surface area contributed by atoms with Crippen molar-refractivity contribution < 1.29 is 14.3 Å². The Morgan fingerprint density at radius 2 is 1.61 bits per heavy atom. The number of hydrogen-bond donors (Lipinski definition) is 2. The first-order chi connectivity index (χ1) is 13.5. The van der Waals surface area contributed by atoms with E-state index in [-0.39, 0.29) is 11.7 Å². The summed E-state index contributed by atoms with van der Waals surface area (Å²) in [7, 11) is 0. The Balaban J connectivity index is 1.50. The number of amides is 1. The van der Waals surface area contributed by atoms with E-state index in [1.807, 2.05) is 19.1 Å². The average Bonchev–Trinajstić information content (AvgIpc) is 2.70. The molecule has 1 saturated heterocycles. The van der Waals surface area contributed by atoms with Crippen LogP contribution >= 0.6 is 0 Å². The molecule has 6 heteroatoms. The minimum atomic E-state index is -0.391. The van der Waals surface area contributed by atoms with Gasteiger partial charge in [-0.3, -0.25) is 14.5 Å². The van der Waals surface area contributed by atoms with Crippen molar-refractivity contribution in [3.63, 3.8) is 0 Å². The highest BCUT2D eigenvalue weighted by Gasteiger charge is 2.14. The number of rotatable bonds is 7. The van der Waals surface area contributed by atoms with Crippen molar-refractivity contribution in [2.75, 3.05) is 36.9 Å². The van der Waals surface area contributed by atoms with Crippen LogP contribution in [-0.4, -0.2) is 48.9 Å². The van der Waals surface area contributed by atoms with Gasteiger partial charge < -0.3 is 15.4 Å². The topological polar surface area (TPSA) is 70.7 Å². The van der Waals surface area contributed by atoms with Gasteiger partial charge in [-0.25, -0.2) is 0 Å². The summed E-state index contributed by atoms with van der Waals surface area (Å²) in [4.78, 5) is 26.1. The van der Waals surface area contributed by atoms with Gasteiger partial charge in [0.2, 0.25) is 5.91 Å². The van der Waals surface area contributed by atoms with Crippen molar-refractivity contribution in [2.24, 2.45) is 0 Å². The third kappa shape index (κ3) is 5.65. The summed E-state index contributed by atoms with van der Waals surface area (Å²) in [6.45, 7) is 7.77. The summed E-state index contributed by atoms with van der Waals surface area (Å²) in [5, 5.41) is 6.08. The zero-order valence-corrected chi connectivity index (χ0v) is 16.4. The van der Waals surface area contributed by atoms with Gasteiger partial charge in [0.25, 0.3) is 0 Å². The molecule has 3 rings (SSSR count). The monoisotopic (exact) mass is 381 g/mol. The molecule has 2 aromatic carbocycles. The molecule has 0 radical (unpaired) electrons. The molecule has 2 aromatic rings. The molecule has 0 unspecified atom stereocenters. The molecule has 28 heavy (non-hydrogen) atoms. The van der Waals surface area contributed by atoms with E-state index < -0.39 is 6.04 Å². The maximum atomic E-state index is 12.4. The van der Waals surface area contributed by atoms with Gasteiger partial charge in [0.1, 0.15) is 6.04 Å². The minimum Gasteiger partial charge on any atom is -0.379 e. The quantitative estimate of drug-likeness (QED) is 0.721. The van der Waals surface area contributed by atoms with E-state index in [4.69, 9.17) is 4.74 Å². The van der Waals surface area contributed by atoms with Crippen molar-refractivity contribution in [2.45, 2.75) is 26.4 Å². The van der Waals surface area contributed by atoms with Gasteiger partial charge in [-0.1, -0.05) is 12.1 Å². The number of benzene rings is 2. The Morgan fingerprint density at radius 1 is 1.00 bits per heavy atom. The first kappa shape index (κ1) is 20.0. The molecule has 0 saturated carbocycles.